The molecule has 2 aromatic carbocycles. The number of carbonyl (C=O) groups is 1. The van der Waals surface area contributed by atoms with E-state index in [1.807, 2.05) is 56.3 Å². The van der Waals surface area contributed by atoms with Gasteiger partial charge in [0.1, 0.15) is 11.6 Å². The van der Waals surface area contributed by atoms with Gasteiger partial charge in [-0.05, 0) is 55.1 Å². The lowest BCUT2D eigenvalue weighted by Gasteiger charge is -2.36. The molecule has 0 spiro atoms. The molecule has 1 aliphatic rings. The molecule has 9 nitrogen and oxygen atoms in total. The van der Waals surface area contributed by atoms with Crippen molar-refractivity contribution in [1.29, 1.82) is 0 Å². The summed E-state index contributed by atoms with van der Waals surface area (Å²) in [6.45, 7) is 7.36. The average molecular weight is 515 g/mol. The van der Waals surface area contributed by atoms with Gasteiger partial charge < -0.3 is 20.4 Å². The van der Waals surface area contributed by atoms with E-state index >= 15 is 0 Å². The van der Waals surface area contributed by atoms with Crippen LogP contribution in [0, 0.1) is 6.92 Å². The van der Waals surface area contributed by atoms with Crippen molar-refractivity contribution in [2.75, 3.05) is 46.6 Å². The zero-order valence-corrected chi connectivity index (χ0v) is 21.8. The van der Waals surface area contributed by atoms with E-state index in [2.05, 4.69) is 54.9 Å². The van der Waals surface area contributed by atoms with Crippen LogP contribution in [0.3, 0.4) is 0 Å². The monoisotopic (exact) mass is 514 g/mol. The van der Waals surface area contributed by atoms with Crippen molar-refractivity contribution >= 4 is 46.5 Å². The highest BCUT2D eigenvalue weighted by Gasteiger charge is 2.20. The molecule has 3 heterocycles. The van der Waals surface area contributed by atoms with Gasteiger partial charge >= 0.3 is 0 Å². The molecule has 5 rings (SSSR count). The number of hydrogen-bond acceptors (Lipinski definition) is 8. The summed E-state index contributed by atoms with van der Waals surface area (Å²) in [6, 6.07) is 22.2. The highest BCUT2D eigenvalue weighted by molar-refractivity contribution is 7.99. The zero-order chi connectivity index (χ0) is 25.6. The van der Waals surface area contributed by atoms with Crippen molar-refractivity contribution in [2.24, 2.45) is 0 Å². The molecule has 0 unspecified atom stereocenters. The van der Waals surface area contributed by atoms with E-state index in [9.17, 15) is 4.79 Å². The number of nitrogens with zero attached hydrogens (tertiary/aromatic N) is 5. The Morgan fingerprint density at radius 3 is 2.35 bits per heavy atom. The summed E-state index contributed by atoms with van der Waals surface area (Å²) < 4.78 is 0. The molecule has 3 N–H and O–H groups in total. The lowest BCUT2D eigenvalue weighted by Crippen LogP contribution is -2.46. The Bertz CT molecular complexity index is 1330. The Morgan fingerprint density at radius 2 is 1.68 bits per heavy atom. The Kier molecular flexibility index (Phi) is 7.55. The smallest absolute Gasteiger partial charge is 0.224 e. The standard InChI is InChI=1S/C27H30N8OS/c1-3-26(36)28-20-9-11-22(12-10-20)37-27-30-23(29-24-17-19(2)32-33-24)18-25(31-27)35-15-13-34(14-16-35)21-7-5-4-6-8-21/h4-12,17-18H,3,13-16H2,1-2H3,(H,28,36)(H2,29,30,31,32,33). The summed E-state index contributed by atoms with van der Waals surface area (Å²) in [5.41, 5.74) is 2.99. The molecule has 0 aliphatic carbocycles. The SMILES string of the molecule is CCC(=O)Nc1ccc(Sc2nc(Nc3cc(C)[nH]n3)cc(N3CCN(c4ccccc4)CC3)n2)cc1. The lowest BCUT2D eigenvalue weighted by molar-refractivity contribution is -0.115. The summed E-state index contributed by atoms with van der Waals surface area (Å²) in [7, 11) is 0. The van der Waals surface area contributed by atoms with Gasteiger partial charge in [-0.15, -0.1) is 0 Å². The molecule has 1 aliphatic heterocycles. The average Bonchev–Trinajstić information content (AvgIpc) is 3.34. The molecule has 1 saturated heterocycles. The van der Waals surface area contributed by atoms with E-state index in [0.717, 1.165) is 48.3 Å². The number of anilines is 5. The fraction of sp³-hybridized carbons (Fsp3) is 0.259. The summed E-state index contributed by atoms with van der Waals surface area (Å²) in [5.74, 6) is 2.28. The number of aromatic amines is 1. The molecular weight excluding hydrogens is 484 g/mol. The van der Waals surface area contributed by atoms with Gasteiger partial charge in [0.05, 0.1) is 0 Å². The molecule has 10 heteroatoms. The number of H-pyrrole nitrogens is 1. The van der Waals surface area contributed by atoms with Gasteiger partial charge in [-0.25, -0.2) is 9.97 Å². The number of aryl methyl sites for hydroxylation is 1. The molecule has 1 fully saturated rings. The molecule has 190 valence electrons. The third-order valence-corrected chi connectivity index (χ3v) is 6.92. The highest BCUT2D eigenvalue weighted by atomic mass is 32.2. The van der Waals surface area contributed by atoms with Crippen LogP contribution in [0.2, 0.25) is 0 Å². The molecule has 0 bridgehead atoms. The van der Waals surface area contributed by atoms with E-state index in [1.165, 1.54) is 17.4 Å². The first-order valence-electron chi connectivity index (χ1n) is 12.4. The number of benzene rings is 2. The number of nitrogens with one attached hydrogen (secondary N) is 3. The molecule has 4 aromatic rings. The van der Waals surface area contributed by atoms with Crippen molar-refractivity contribution < 1.29 is 4.79 Å². The number of carbonyl (C=O) groups excluding carboxylic acids is 1. The van der Waals surface area contributed by atoms with Crippen molar-refractivity contribution in [3.05, 3.63) is 72.4 Å². The molecule has 37 heavy (non-hydrogen) atoms. The van der Waals surface area contributed by atoms with Crippen LogP contribution in [0.25, 0.3) is 0 Å². The quantitative estimate of drug-likeness (QED) is 0.280. The summed E-state index contributed by atoms with van der Waals surface area (Å²) >= 11 is 1.49. The number of para-hydroxylation sites is 1. The normalized spacial score (nSPS) is 13.5. The molecule has 2 aromatic heterocycles. The third kappa shape index (κ3) is 6.39. The first-order valence-corrected chi connectivity index (χ1v) is 13.2. The number of hydrogen-bond donors (Lipinski definition) is 3. The summed E-state index contributed by atoms with van der Waals surface area (Å²) in [4.78, 5) is 27.0. The number of aromatic nitrogens is 4. The van der Waals surface area contributed by atoms with E-state index in [-0.39, 0.29) is 5.91 Å². The van der Waals surface area contributed by atoms with Crippen molar-refractivity contribution in [3.8, 4) is 0 Å². The van der Waals surface area contributed by atoms with Crippen LogP contribution in [0.1, 0.15) is 19.0 Å². The second-order valence-electron chi connectivity index (χ2n) is 8.79. The van der Waals surface area contributed by atoms with Crippen LogP contribution >= 0.6 is 11.8 Å². The maximum atomic E-state index is 11.7. The van der Waals surface area contributed by atoms with Crippen LogP contribution in [-0.2, 0) is 4.79 Å². The van der Waals surface area contributed by atoms with Crippen molar-refractivity contribution in [1.82, 2.24) is 20.2 Å². The van der Waals surface area contributed by atoms with E-state index < -0.39 is 0 Å². The minimum Gasteiger partial charge on any atom is -0.368 e. The number of rotatable bonds is 8. The number of amides is 1. The predicted octanol–water partition coefficient (Wildman–Crippen LogP) is 5.08. The fourth-order valence-corrected chi connectivity index (χ4v) is 4.86. The molecule has 0 saturated carbocycles. The Morgan fingerprint density at radius 1 is 0.946 bits per heavy atom. The first kappa shape index (κ1) is 24.6. The van der Waals surface area contributed by atoms with Crippen LogP contribution in [0.5, 0.6) is 0 Å². The maximum absolute atomic E-state index is 11.7. The minimum atomic E-state index is -0.00637. The molecule has 0 atom stereocenters. The fourth-order valence-electron chi connectivity index (χ4n) is 4.09. The van der Waals surface area contributed by atoms with Gasteiger partial charge in [0, 0.05) is 66.7 Å². The highest BCUT2D eigenvalue weighted by Crippen LogP contribution is 2.30. The van der Waals surface area contributed by atoms with Gasteiger partial charge in [-0.2, -0.15) is 5.10 Å². The van der Waals surface area contributed by atoms with Crippen molar-refractivity contribution in [2.45, 2.75) is 30.3 Å². The van der Waals surface area contributed by atoms with Crippen LogP contribution in [0.15, 0.2) is 76.8 Å². The van der Waals surface area contributed by atoms with Gasteiger partial charge in [0.2, 0.25) is 5.91 Å². The first-order chi connectivity index (χ1) is 18.1. The topological polar surface area (TPSA) is 102 Å². The van der Waals surface area contributed by atoms with Gasteiger partial charge in [0.25, 0.3) is 0 Å². The van der Waals surface area contributed by atoms with Crippen LogP contribution < -0.4 is 20.4 Å². The minimum absolute atomic E-state index is 0.00637. The Labute approximate surface area is 220 Å². The van der Waals surface area contributed by atoms with Crippen LogP contribution in [-0.4, -0.2) is 52.3 Å². The van der Waals surface area contributed by atoms with E-state index in [1.54, 1.807) is 0 Å². The van der Waals surface area contributed by atoms with Crippen LogP contribution in [0.4, 0.5) is 28.8 Å². The molecular formula is C27H30N8OS. The lowest BCUT2D eigenvalue weighted by atomic mass is 10.2. The zero-order valence-electron chi connectivity index (χ0n) is 20.9. The summed E-state index contributed by atoms with van der Waals surface area (Å²) in [6.07, 6.45) is 0.446. The Balaban J connectivity index is 1.35. The molecule has 1 amide bonds. The van der Waals surface area contributed by atoms with E-state index in [4.69, 9.17) is 9.97 Å². The number of piperazine rings is 1. The Hall–Kier alpha value is -4.05. The van der Waals surface area contributed by atoms with E-state index in [0.29, 0.717) is 23.2 Å². The predicted molar refractivity (Wildman–Crippen MR) is 149 cm³/mol. The third-order valence-electron chi connectivity index (χ3n) is 6.05. The second kappa shape index (κ2) is 11.3. The largest absolute Gasteiger partial charge is 0.368 e. The molecule has 0 radical (unpaired) electrons. The second-order valence-corrected chi connectivity index (χ2v) is 9.83. The van der Waals surface area contributed by atoms with Gasteiger partial charge in [-0.3, -0.25) is 9.89 Å². The van der Waals surface area contributed by atoms with Gasteiger partial charge in [0.15, 0.2) is 11.0 Å². The van der Waals surface area contributed by atoms with Crippen molar-refractivity contribution in [3.63, 3.8) is 0 Å². The summed E-state index contributed by atoms with van der Waals surface area (Å²) in [5, 5.41) is 14.1. The van der Waals surface area contributed by atoms with Gasteiger partial charge in [-0.1, -0.05) is 25.1 Å². The maximum Gasteiger partial charge on any atom is 0.224 e.